The number of aryl methyl sites for hydroxylation is 3. The predicted octanol–water partition coefficient (Wildman–Crippen LogP) is 3.48. The minimum absolute atomic E-state index is 0.791. The zero-order chi connectivity index (χ0) is 16.2. The number of benzene rings is 1. The standard InChI is InChI=1S/C19H22N4/c1-14-6-4-5-7-19(14)23-13-17(10-22-23)9-20-11-18-12-21-16(3)8-15(18)2/h4-8,10,12-13,20H,9,11H2,1-3H3. The summed E-state index contributed by atoms with van der Waals surface area (Å²) in [5.41, 5.74) is 7.09. The van der Waals surface area contributed by atoms with Gasteiger partial charge in [0.25, 0.3) is 0 Å². The van der Waals surface area contributed by atoms with Gasteiger partial charge in [-0.2, -0.15) is 5.10 Å². The summed E-state index contributed by atoms with van der Waals surface area (Å²) in [5.74, 6) is 0. The first-order valence-electron chi connectivity index (χ1n) is 7.86. The van der Waals surface area contributed by atoms with Crippen LogP contribution in [0.5, 0.6) is 0 Å². The van der Waals surface area contributed by atoms with Crippen LogP contribution in [-0.4, -0.2) is 14.8 Å². The molecule has 0 atom stereocenters. The Labute approximate surface area is 137 Å². The molecular formula is C19H22N4. The average Bonchev–Trinajstić information content (AvgIpc) is 2.98. The van der Waals surface area contributed by atoms with Crippen molar-refractivity contribution < 1.29 is 0 Å². The first-order valence-corrected chi connectivity index (χ1v) is 7.86. The van der Waals surface area contributed by atoms with E-state index in [1.165, 1.54) is 22.3 Å². The fourth-order valence-corrected chi connectivity index (χ4v) is 2.66. The van der Waals surface area contributed by atoms with E-state index in [0.29, 0.717) is 0 Å². The number of nitrogens with one attached hydrogen (secondary N) is 1. The molecule has 3 aromatic rings. The molecule has 0 bridgehead atoms. The largest absolute Gasteiger partial charge is 0.308 e. The summed E-state index contributed by atoms with van der Waals surface area (Å²) in [4.78, 5) is 4.36. The second-order valence-corrected chi connectivity index (χ2v) is 5.94. The Bertz CT molecular complexity index is 805. The third kappa shape index (κ3) is 3.66. The molecule has 118 valence electrons. The first-order chi connectivity index (χ1) is 11.1. The lowest BCUT2D eigenvalue weighted by atomic mass is 10.1. The van der Waals surface area contributed by atoms with Crippen LogP contribution in [0.15, 0.2) is 48.9 Å². The molecule has 4 heteroatoms. The van der Waals surface area contributed by atoms with Gasteiger partial charge in [-0.25, -0.2) is 4.68 Å². The number of rotatable bonds is 5. The highest BCUT2D eigenvalue weighted by atomic mass is 15.3. The Morgan fingerprint density at radius 1 is 1.00 bits per heavy atom. The van der Waals surface area contributed by atoms with Crippen LogP contribution in [0.1, 0.15) is 27.9 Å². The topological polar surface area (TPSA) is 42.7 Å². The maximum atomic E-state index is 4.47. The van der Waals surface area contributed by atoms with Crippen LogP contribution in [0.25, 0.3) is 5.69 Å². The quantitative estimate of drug-likeness (QED) is 0.784. The van der Waals surface area contributed by atoms with E-state index in [1.54, 1.807) is 0 Å². The Kier molecular flexibility index (Phi) is 4.53. The minimum Gasteiger partial charge on any atom is -0.308 e. The van der Waals surface area contributed by atoms with Crippen molar-refractivity contribution in [2.24, 2.45) is 0 Å². The molecule has 0 radical (unpaired) electrons. The molecule has 4 nitrogen and oxygen atoms in total. The van der Waals surface area contributed by atoms with E-state index in [4.69, 9.17) is 0 Å². The van der Waals surface area contributed by atoms with Crippen LogP contribution in [0, 0.1) is 20.8 Å². The van der Waals surface area contributed by atoms with Gasteiger partial charge in [0.1, 0.15) is 0 Å². The highest BCUT2D eigenvalue weighted by Crippen LogP contribution is 2.13. The van der Waals surface area contributed by atoms with E-state index in [2.05, 4.69) is 53.6 Å². The molecule has 3 rings (SSSR count). The highest BCUT2D eigenvalue weighted by molar-refractivity contribution is 5.39. The van der Waals surface area contributed by atoms with Gasteiger partial charge >= 0.3 is 0 Å². The van der Waals surface area contributed by atoms with Crippen molar-refractivity contribution in [2.75, 3.05) is 0 Å². The fourth-order valence-electron chi connectivity index (χ4n) is 2.66. The summed E-state index contributed by atoms with van der Waals surface area (Å²) in [6, 6.07) is 10.4. The third-order valence-corrected chi connectivity index (χ3v) is 4.00. The number of para-hydroxylation sites is 1. The van der Waals surface area contributed by atoms with Crippen molar-refractivity contribution in [3.8, 4) is 5.69 Å². The van der Waals surface area contributed by atoms with E-state index in [-0.39, 0.29) is 0 Å². The molecule has 0 saturated carbocycles. The van der Waals surface area contributed by atoms with Gasteiger partial charge in [-0.05, 0) is 49.6 Å². The SMILES string of the molecule is Cc1cc(C)c(CNCc2cnn(-c3ccccc3C)c2)cn1. The van der Waals surface area contributed by atoms with Crippen LogP contribution in [0.3, 0.4) is 0 Å². The minimum atomic E-state index is 0.791. The summed E-state index contributed by atoms with van der Waals surface area (Å²) in [6.07, 6.45) is 5.95. The fraction of sp³-hybridized carbons (Fsp3) is 0.263. The molecular weight excluding hydrogens is 284 g/mol. The number of nitrogens with zero attached hydrogens (tertiary/aromatic N) is 3. The van der Waals surface area contributed by atoms with Crippen molar-refractivity contribution in [1.29, 1.82) is 0 Å². The van der Waals surface area contributed by atoms with Gasteiger partial charge in [0.15, 0.2) is 0 Å². The molecule has 0 aliphatic rings. The van der Waals surface area contributed by atoms with E-state index >= 15 is 0 Å². The molecule has 0 aliphatic heterocycles. The zero-order valence-corrected chi connectivity index (χ0v) is 13.9. The summed E-state index contributed by atoms with van der Waals surface area (Å²) in [7, 11) is 0. The van der Waals surface area contributed by atoms with Crippen LogP contribution >= 0.6 is 0 Å². The summed E-state index contributed by atoms with van der Waals surface area (Å²) in [6.45, 7) is 7.85. The molecule has 2 heterocycles. The predicted molar refractivity (Wildman–Crippen MR) is 92.6 cm³/mol. The summed E-state index contributed by atoms with van der Waals surface area (Å²) < 4.78 is 1.94. The van der Waals surface area contributed by atoms with Gasteiger partial charge in [-0.3, -0.25) is 4.98 Å². The average molecular weight is 306 g/mol. The van der Waals surface area contributed by atoms with Crippen molar-refractivity contribution in [3.05, 3.63) is 76.9 Å². The lowest BCUT2D eigenvalue weighted by molar-refractivity contribution is 0.688. The second-order valence-electron chi connectivity index (χ2n) is 5.94. The molecule has 2 aromatic heterocycles. The summed E-state index contributed by atoms with van der Waals surface area (Å²) >= 11 is 0. The van der Waals surface area contributed by atoms with E-state index in [1.807, 2.05) is 36.1 Å². The van der Waals surface area contributed by atoms with Crippen molar-refractivity contribution >= 4 is 0 Å². The van der Waals surface area contributed by atoms with Crippen molar-refractivity contribution in [3.63, 3.8) is 0 Å². The lowest BCUT2D eigenvalue weighted by Crippen LogP contribution is -2.13. The number of pyridine rings is 1. The molecule has 23 heavy (non-hydrogen) atoms. The third-order valence-electron chi connectivity index (χ3n) is 4.00. The zero-order valence-electron chi connectivity index (χ0n) is 13.9. The van der Waals surface area contributed by atoms with Crippen molar-refractivity contribution in [2.45, 2.75) is 33.9 Å². The Morgan fingerprint density at radius 2 is 1.83 bits per heavy atom. The molecule has 1 N–H and O–H groups in total. The highest BCUT2D eigenvalue weighted by Gasteiger charge is 2.04. The van der Waals surface area contributed by atoms with Gasteiger partial charge in [-0.1, -0.05) is 18.2 Å². The molecule has 0 fully saturated rings. The van der Waals surface area contributed by atoms with E-state index in [9.17, 15) is 0 Å². The molecule has 0 spiro atoms. The van der Waals surface area contributed by atoms with Crippen LogP contribution in [0.4, 0.5) is 0 Å². The van der Waals surface area contributed by atoms with E-state index in [0.717, 1.165) is 24.5 Å². The van der Waals surface area contributed by atoms with Crippen LogP contribution < -0.4 is 5.32 Å². The number of hydrogen-bond donors (Lipinski definition) is 1. The Hall–Kier alpha value is -2.46. The number of aromatic nitrogens is 3. The van der Waals surface area contributed by atoms with Gasteiger partial charge in [-0.15, -0.1) is 0 Å². The van der Waals surface area contributed by atoms with Gasteiger partial charge in [0.05, 0.1) is 11.9 Å². The lowest BCUT2D eigenvalue weighted by Gasteiger charge is -2.07. The Morgan fingerprint density at radius 3 is 2.61 bits per heavy atom. The maximum absolute atomic E-state index is 4.47. The molecule has 1 aromatic carbocycles. The molecule has 0 saturated heterocycles. The monoisotopic (exact) mass is 306 g/mol. The van der Waals surface area contributed by atoms with E-state index < -0.39 is 0 Å². The van der Waals surface area contributed by atoms with Gasteiger partial charge in [0.2, 0.25) is 0 Å². The Balaban J connectivity index is 1.63. The van der Waals surface area contributed by atoms with Crippen molar-refractivity contribution in [1.82, 2.24) is 20.1 Å². The second kappa shape index (κ2) is 6.75. The molecule has 0 aliphatic carbocycles. The normalized spacial score (nSPS) is 10.9. The summed E-state index contributed by atoms with van der Waals surface area (Å²) in [5, 5.41) is 7.93. The molecule has 0 unspecified atom stereocenters. The smallest absolute Gasteiger partial charge is 0.0674 e. The first kappa shape index (κ1) is 15.4. The van der Waals surface area contributed by atoms with Gasteiger partial charge < -0.3 is 5.32 Å². The number of hydrogen-bond acceptors (Lipinski definition) is 3. The maximum Gasteiger partial charge on any atom is 0.0674 e. The van der Waals surface area contributed by atoms with Crippen LogP contribution in [-0.2, 0) is 13.1 Å². The van der Waals surface area contributed by atoms with Crippen LogP contribution in [0.2, 0.25) is 0 Å². The van der Waals surface area contributed by atoms with Gasteiger partial charge in [0, 0.05) is 36.7 Å². The molecule has 0 amide bonds.